The lowest BCUT2D eigenvalue weighted by Gasteiger charge is -2.15. The molecule has 0 saturated carbocycles. The molecule has 1 atom stereocenters. The van der Waals surface area contributed by atoms with Crippen molar-refractivity contribution in [2.75, 3.05) is 7.11 Å². The molecule has 5 heteroatoms. The number of furan rings is 1. The molecule has 4 nitrogen and oxygen atoms in total. The number of nitrogens with two attached hydrogens (primary N) is 1. The Labute approximate surface area is 121 Å². The number of hydrogen-bond donors (Lipinski definition) is 2. The van der Waals surface area contributed by atoms with Gasteiger partial charge in [0.25, 0.3) is 0 Å². The molecule has 0 fully saturated rings. The summed E-state index contributed by atoms with van der Waals surface area (Å²) in [6.07, 6.45) is 0. The molecule has 0 aliphatic rings. The summed E-state index contributed by atoms with van der Waals surface area (Å²) in [6.45, 7) is 0. The first-order valence-corrected chi connectivity index (χ1v) is 6.51. The van der Waals surface area contributed by atoms with Crippen molar-refractivity contribution in [2.45, 2.75) is 6.04 Å². The van der Waals surface area contributed by atoms with Crippen LogP contribution in [0.2, 0.25) is 0 Å². The number of hydrogen-bond acceptors (Lipinski definition) is 4. The molecule has 0 saturated heterocycles. The molecule has 3 N–H and O–H groups in total. The average Bonchev–Trinajstić information content (AvgIpc) is 2.93. The molecule has 0 spiro atoms. The third kappa shape index (κ3) is 2.37. The summed E-state index contributed by atoms with van der Waals surface area (Å²) in [5.74, 6) is 5.86. The van der Waals surface area contributed by atoms with E-state index >= 15 is 0 Å². The Morgan fingerprint density at radius 2 is 2.00 bits per heavy atom. The molecule has 0 aliphatic heterocycles. The number of rotatable bonds is 4. The van der Waals surface area contributed by atoms with E-state index in [0.717, 1.165) is 11.0 Å². The zero-order valence-electron chi connectivity index (χ0n) is 11.5. The first-order chi connectivity index (χ1) is 10.2. The van der Waals surface area contributed by atoms with Crippen molar-refractivity contribution in [3.8, 4) is 5.75 Å². The van der Waals surface area contributed by atoms with Gasteiger partial charge in [-0.1, -0.05) is 30.3 Å². The Hall–Kier alpha value is -2.37. The molecule has 1 heterocycles. The highest BCUT2D eigenvalue weighted by Crippen LogP contribution is 2.31. The quantitative estimate of drug-likeness (QED) is 0.571. The Balaban J connectivity index is 2.09. The number of nitrogens with one attached hydrogen (secondary N) is 1. The largest absolute Gasteiger partial charge is 0.494 e. The monoisotopic (exact) mass is 286 g/mol. The van der Waals surface area contributed by atoms with Crippen LogP contribution in [0.25, 0.3) is 11.0 Å². The highest BCUT2D eigenvalue weighted by molar-refractivity contribution is 5.78. The van der Waals surface area contributed by atoms with Crippen LogP contribution in [0.15, 0.2) is 52.9 Å². The number of fused-ring (bicyclic) bond motifs is 1. The van der Waals surface area contributed by atoms with Crippen molar-refractivity contribution in [1.29, 1.82) is 0 Å². The van der Waals surface area contributed by atoms with Crippen LogP contribution in [0.3, 0.4) is 0 Å². The lowest BCUT2D eigenvalue weighted by molar-refractivity contribution is 0.378. The third-order valence-electron chi connectivity index (χ3n) is 3.42. The fourth-order valence-corrected chi connectivity index (χ4v) is 2.38. The fourth-order valence-electron chi connectivity index (χ4n) is 2.38. The predicted octanol–water partition coefficient (Wildman–Crippen LogP) is 3.13. The van der Waals surface area contributed by atoms with E-state index in [1.807, 2.05) is 30.3 Å². The van der Waals surface area contributed by atoms with E-state index in [-0.39, 0.29) is 5.75 Å². The molecule has 0 aliphatic carbocycles. The van der Waals surface area contributed by atoms with Gasteiger partial charge < -0.3 is 9.15 Å². The van der Waals surface area contributed by atoms with Gasteiger partial charge in [0, 0.05) is 10.9 Å². The highest BCUT2D eigenvalue weighted by Gasteiger charge is 2.22. The van der Waals surface area contributed by atoms with Gasteiger partial charge in [-0.25, -0.2) is 9.82 Å². The van der Waals surface area contributed by atoms with Crippen molar-refractivity contribution in [3.63, 3.8) is 0 Å². The molecule has 0 amide bonds. The topological polar surface area (TPSA) is 60.4 Å². The van der Waals surface area contributed by atoms with Gasteiger partial charge >= 0.3 is 0 Å². The van der Waals surface area contributed by atoms with Crippen LogP contribution < -0.4 is 16.0 Å². The maximum Gasteiger partial charge on any atom is 0.170 e. The zero-order valence-corrected chi connectivity index (χ0v) is 11.5. The second kappa shape index (κ2) is 5.55. The summed E-state index contributed by atoms with van der Waals surface area (Å²) in [5, 5.41) is 0.941. The summed E-state index contributed by atoms with van der Waals surface area (Å²) in [5.41, 5.74) is 3.70. The highest BCUT2D eigenvalue weighted by atomic mass is 19.1. The molecule has 1 aromatic heterocycles. The van der Waals surface area contributed by atoms with Crippen LogP contribution in [0.4, 0.5) is 4.39 Å². The molecule has 3 aromatic rings. The van der Waals surface area contributed by atoms with Gasteiger partial charge in [-0.05, 0) is 18.2 Å². The average molecular weight is 286 g/mol. The first-order valence-electron chi connectivity index (χ1n) is 6.51. The summed E-state index contributed by atoms with van der Waals surface area (Å²) in [7, 11) is 1.42. The van der Waals surface area contributed by atoms with Gasteiger partial charge in [0.05, 0.1) is 7.11 Å². The van der Waals surface area contributed by atoms with Gasteiger partial charge in [-0.15, -0.1) is 0 Å². The van der Waals surface area contributed by atoms with E-state index in [2.05, 4.69) is 5.43 Å². The van der Waals surface area contributed by atoms with Gasteiger partial charge in [-0.2, -0.15) is 0 Å². The van der Waals surface area contributed by atoms with Crippen LogP contribution in [0.5, 0.6) is 5.75 Å². The number of ether oxygens (including phenoxy) is 1. The minimum atomic E-state index is -0.590. The van der Waals surface area contributed by atoms with E-state index in [9.17, 15) is 4.39 Å². The standard InChI is InChI=1S/C16H15FN2O2/c1-20-13-8-4-6-11(15(13)17)16(19-18)14-9-10-5-2-3-7-12(10)21-14/h2-9,16,19H,18H2,1H3. The second-order valence-corrected chi connectivity index (χ2v) is 4.65. The molecule has 1 unspecified atom stereocenters. The fraction of sp³-hybridized carbons (Fsp3) is 0.125. The summed E-state index contributed by atoms with van der Waals surface area (Å²) in [6, 6.07) is 13.8. The van der Waals surface area contributed by atoms with Gasteiger partial charge in [0.2, 0.25) is 0 Å². The number of benzene rings is 2. The van der Waals surface area contributed by atoms with Gasteiger partial charge in [0.15, 0.2) is 11.6 Å². The molecule has 0 bridgehead atoms. The molecular formula is C16H15FN2O2. The SMILES string of the molecule is COc1cccc(C(NN)c2cc3ccccc3o2)c1F. The summed E-state index contributed by atoms with van der Waals surface area (Å²) >= 11 is 0. The Morgan fingerprint density at radius 3 is 2.71 bits per heavy atom. The van der Waals surface area contributed by atoms with E-state index in [4.69, 9.17) is 15.0 Å². The molecular weight excluding hydrogens is 271 g/mol. The van der Waals surface area contributed by atoms with E-state index in [0.29, 0.717) is 11.3 Å². The summed E-state index contributed by atoms with van der Waals surface area (Å²) < 4.78 is 25.1. The van der Waals surface area contributed by atoms with Crippen molar-refractivity contribution in [2.24, 2.45) is 5.84 Å². The van der Waals surface area contributed by atoms with Crippen LogP contribution in [0.1, 0.15) is 17.4 Å². The Bertz CT molecular complexity index is 737. The van der Waals surface area contributed by atoms with E-state index in [1.165, 1.54) is 7.11 Å². The maximum absolute atomic E-state index is 14.4. The van der Waals surface area contributed by atoms with Crippen molar-refractivity contribution in [3.05, 3.63) is 65.7 Å². The van der Waals surface area contributed by atoms with Crippen LogP contribution in [0, 0.1) is 5.82 Å². The molecule has 3 rings (SSSR count). The van der Waals surface area contributed by atoms with Crippen LogP contribution >= 0.6 is 0 Å². The predicted molar refractivity (Wildman–Crippen MR) is 78.3 cm³/mol. The minimum Gasteiger partial charge on any atom is -0.494 e. The number of halogens is 1. The number of hydrazine groups is 1. The zero-order chi connectivity index (χ0) is 14.8. The lowest BCUT2D eigenvalue weighted by Crippen LogP contribution is -2.29. The third-order valence-corrected chi connectivity index (χ3v) is 3.42. The Morgan fingerprint density at radius 1 is 1.19 bits per heavy atom. The lowest BCUT2D eigenvalue weighted by atomic mass is 10.0. The second-order valence-electron chi connectivity index (χ2n) is 4.65. The molecule has 108 valence electrons. The first kappa shape index (κ1) is 13.6. The van der Waals surface area contributed by atoms with Gasteiger partial charge in [0.1, 0.15) is 17.4 Å². The smallest absolute Gasteiger partial charge is 0.170 e. The normalized spacial score (nSPS) is 12.5. The molecule has 21 heavy (non-hydrogen) atoms. The number of para-hydroxylation sites is 1. The summed E-state index contributed by atoms with van der Waals surface area (Å²) in [4.78, 5) is 0. The van der Waals surface area contributed by atoms with Crippen molar-refractivity contribution < 1.29 is 13.5 Å². The minimum absolute atomic E-state index is 0.170. The van der Waals surface area contributed by atoms with Crippen LogP contribution in [-0.2, 0) is 0 Å². The van der Waals surface area contributed by atoms with Crippen molar-refractivity contribution in [1.82, 2.24) is 5.43 Å². The van der Waals surface area contributed by atoms with E-state index in [1.54, 1.807) is 18.2 Å². The molecule has 2 aromatic carbocycles. The Kier molecular flexibility index (Phi) is 3.60. The maximum atomic E-state index is 14.4. The van der Waals surface area contributed by atoms with Crippen LogP contribution in [-0.4, -0.2) is 7.11 Å². The van der Waals surface area contributed by atoms with E-state index < -0.39 is 11.9 Å². The number of methoxy groups -OCH3 is 1. The molecule has 0 radical (unpaired) electrons. The van der Waals surface area contributed by atoms with Crippen molar-refractivity contribution >= 4 is 11.0 Å². The van der Waals surface area contributed by atoms with Gasteiger partial charge in [-0.3, -0.25) is 5.84 Å².